The second-order valence-corrected chi connectivity index (χ2v) is 6.73. The van der Waals surface area contributed by atoms with Crippen LogP contribution < -0.4 is 5.32 Å². The summed E-state index contributed by atoms with van der Waals surface area (Å²) >= 11 is 0. The molecule has 1 aromatic carbocycles. The number of benzene rings is 1. The van der Waals surface area contributed by atoms with Gasteiger partial charge in [0.05, 0.1) is 0 Å². The van der Waals surface area contributed by atoms with Gasteiger partial charge in [0.15, 0.2) is 0 Å². The fourth-order valence-corrected chi connectivity index (χ4v) is 3.34. The third kappa shape index (κ3) is 5.31. The third-order valence-electron chi connectivity index (χ3n) is 4.65. The summed E-state index contributed by atoms with van der Waals surface area (Å²) in [5.41, 5.74) is 2.26. The summed E-state index contributed by atoms with van der Waals surface area (Å²) in [5, 5.41) is 11.7. The molecule has 1 aliphatic heterocycles. The van der Waals surface area contributed by atoms with Crippen molar-refractivity contribution in [2.45, 2.75) is 51.5 Å². The van der Waals surface area contributed by atoms with Gasteiger partial charge >= 0.3 is 5.97 Å². The highest BCUT2D eigenvalue weighted by Gasteiger charge is 2.29. The molecule has 0 aromatic heterocycles. The Balaban J connectivity index is 1.97. The molecule has 2 atom stereocenters. The fraction of sp³-hybridized carbons (Fsp3) is 0.526. The van der Waals surface area contributed by atoms with Crippen molar-refractivity contribution in [1.29, 1.82) is 0 Å². The van der Waals surface area contributed by atoms with Crippen molar-refractivity contribution in [3.05, 3.63) is 35.4 Å². The molecule has 0 aliphatic carbocycles. The molecular formula is C19H26N2O4. The van der Waals surface area contributed by atoms with Crippen molar-refractivity contribution in [1.82, 2.24) is 10.2 Å². The quantitative estimate of drug-likeness (QED) is 0.825. The van der Waals surface area contributed by atoms with E-state index in [0.29, 0.717) is 19.4 Å². The van der Waals surface area contributed by atoms with Crippen LogP contribution in [0.3, 0.4) is 0 Å². The molecule has 2 unspecified atom stereocenters. The number of rotatable bonds is 6. The van der Waals surface area contributed by atoms with Crippen molar-refractivity contribution in [2.75, 3.05) is 13.1 Å². The summed E-state index contributed by atoms with van der Waals surface area (Å²) in [7, 11) is 0. The van der Waals surface area contributed by atoms with Crippen molar-refractivity contribution < 1.29 is 19.5 Å². The molecule has 0 spiro atoms. The number of aryl methyl sites for hydroxylation is 1. The van der Waals surface area contributed by atoms with Gasteiger partial charge in [-0.3, -0.25) is 14.4 Å². The molecule has 0 radical (unpaired) electrons. The van der Waals surface area contributed by atoms with E-state index in [4.69, 9.17) is 5.11 Å². The van der Waals surface area contributed by atoms with Gasteiger partial charge in [-0.15, -0.1) is 0 Å². The average molecular weight is 346 g/mol. The van der Waals surface area contributed by atoms with Crippen LogP contribution in [-0.2, 0) is 14.4 Å². The zero-order valence-electron chi connectivity index (χ0n) is 14.8. The lowest BCUT2D eigenvalue weighted by atomic mass is 9.93. The van der Waals surface area contributed by atoms with Crippen LogP contribution in [0.25, 0.3) is 0 Å². The number of nitrogens with zero attached hydrogens (tertiary/aromatic N) is 1. The summed E-state index contributed by atoms with van der Waals surface area (Å²) in [6, 6.07) is 7.32. The van der Waals surface area contributed by atoms with E-state index < -0.39 is 12.0 Å². The summed E-state index contributed by atoms with van der Waals surface area (Å²) in [6.07, 6.45) is 2.40. The molecule has 0 bridgehead atoms. The van der Waals surface area contributed by atoms with E-state index in [0.717, 1.165) is 24.0 Å². The number of hydrogen-bond acceptors (Lipinski definition) is 3. The summed E-state index contributed by atoms with van der Waals surface area (Å²) < 4.78 is 0. The molecule has 1 aliphatic rings. The van der Waals surface area contributed by atoms with Gasteiger partial charge < -0.3 is 15.3 Å². The van der Waals surface area contributed by atoms with Crippen molar-refractivity contribution in [3.8, 4) is 0 Å². The predicted molar refractivity (Wildman–Crippen MR) is 94.2 cm³/mol. The predicted octanol–water partition coefficient (Wildman–Crippen LogP) is 2.07. The number of hydrogen-bond donors (Lipinski definition) is 2. The number of carbonyl (C=O) groups is 3. The molecular weight excluding hydrogens is 320 g/mol. The van der Waals surface area contributed by atoms with Crippen LogP contribution in [0.2, 0.25) is 0 Å². The van der Waals surface area contributed by atoms with E-state index in [1.807, 2.05) is 38.1 Å². The zero-order valence-corrected chi connectivity index (χ0v) is 14.8. The number of carboxylic acids is 1. The molecule has 1 fully saturated rings. The Bertz CT molecular complexity index is 644. The Hall–Kier alpha value is -2.37. The lowest BCUT2D eigenvalue weighted by Crippen LogP contribution is -2.48. The fourth-order valence-electron chi connectivity index (χ4n) is 3.34. The maximum absolute atomic E-state index is 12.5. The van der Waals surface area contributed by atoms with Gasteiger partial charge in [0.2, 0.25) is 11.8 Å². The molecule has 1 heterocycles. The first kappa shape index (κ1) is 19.0. The minimum Gasteiger partial charge on any atom is -0.480 e. The van der Waals surface area contributed by atoms with Crippen molar-refractivity contribution >= 4 is 17.8 Å². The first-order valence-corrected chi connectivity index (χ1v) is 8.74. The zero-order chi connectivity index (χ0) is 18.4. The molecule has 6 heteroatoms. The average Bonchev–Trinajstić information content (AvgIpc) is 2.70. The third-order valence-corrected chi connectivity index (χ3v) is 4.65. The summed E-state index contributed by atoms with van der Waals surface area (Å²) in [6.45, 7) is 4.12. The molecule has 2 N–H and O–H groups in total. The molecule has 2 amide bonds. The maximum atomic E-state index is 12.5. The van der Waals surface area contributed by atoms with E-state index in [9.17, 15) is 14.4 Å². The second-order valence-electron chi connectivity index (χ2n) is 6.73. The van der Waals surface area contributed by atoms with Crippen LogP contribution in [0, 0.1) is 6.92 Å². The molecule has 25 heavy (non-hydrogen) atoms. The van der Waals surface area contributed by atoms with E-state index in [2.05, 4.69) is 5.32 Å². The molecule has 1 aromatic rings. The molecule has 136 valence electrons. The Kier molecular flexibility index (Phi) is 6.56. The Morgan fingerprint density at radius 1 is 1.32 bits per heavy atom. The van der Waals surface area contributed by atoms with E-state index in [1.54, 1.807) is 0 Å². The largest absolute Gasteiger partial charge is 0.480 e. The normalized spacial score (nSPS) is 19.2. The summed E-state index contributed by atoms with van der Waals surface area (Å²) in [4.78, 5) is 37.1. The monoisotopic (exact) mass is 346 g/mol. The first-order chi connectivity index (χ1) is 11.9. The van der Waals surface area contributed by atoms with Crippen LogP contribution in [0.4, 0.5) is 0 Å². The standard InChI is InChI=1S/C19H26N2O4/c1-13-7-3-4-8-15(13)14(2)11-17(22)20-16-9-5-6-10-21(19(16)25)12-18(23)24/h3-4,7-8,14,16H,5-6,9-12H2,1-2H3,(H,20,22)(H,23,24). The number of carboxylic acid groups (broad SMARTS) is 1. The smallest absolute Gasteiger partial charge is 0.323 e. The minimum absolute atomic E-state index is 0.0530. The highest BCUT2D eigenvalue weighted by atomic mass is 16.4. The first-order valence-electron chi connectivity index (χ1n) is 8.74. The maximum Gasteiger partial charge on any atom is 0.323 e. The van der Waals surface area contributed by atoms with E-state index >= 15 is 0 Å². The van der Waals surface area contributed by atoms with E-state index in [-0.39, 0.29) is 24.3 Å². The lowest BCUT2D eigenvalue weighted by molar-refractivity contribution is -0.145. The van der Waals surface area contributed by atoms with Gasteiger partial charge in [0.25, 0.3) is 0 Å². The minimum atomic E-state index is -1.03. The number of amides is 2. The van der Waals surface area contributed by atoms with Crippen molar-refractivity contribution in [2.24, 2.45) is 0 Å². The van der Waals surface area contributed by atoms with Gasteiger partial charge in [-0.25, -0.2) is 0 Å². The van der Waals surface area contributed by atoms with Crippen LogP contribution >= 0.6 is 0 Å². The Morgan fingerprint density at radius 3 is 2.72 bits per heavy atom. The van der Waals surface area contributed by atoms with Gasteiger partial charge in [0.1, 0.15) is 12.6 Å². The van der Waals surface area contributed by atoms with Gasteiger partial charge in [-0.2, -0.15) is 0 Å². The van der Waals surface area contributed by atoms with Crippen LogP contribution in [0.15, 0.2) is 24.3 Å². The van der Waals surface area contributed by atoms with Gasteiger partial charge in [-0.05, 0) is 43.2 Å². The number of nitrogens with one attached hydrogen (secondary N) is 1. The molecule has 6 nitrogen and oxygen atoms in total. The highest BCUT2D eigenvalue weighted by Crippen LogP contribution is 2.22. The Labute approximate surface area is 148 Å². The Morgan fingerprint density at radius 2 is 2.04 bits per heavy atom. The topological polar surface area (TPSA) is 86.7 Å². The van der Waals surface area contributed by atoms with Crippen molar-refractivity contribution in [3.63, 3.8) is 0 Å². The molecule has 0 saturated carbocycles. The molecule has 1 saturated heterocycles. The van der Waals surface area contributed by atoms with Gasteiger partial charge in [0, 0.05) is 13.0 Å². The van der Waals surface area contributed by atoms with Crippen LogP contribution in [0.1, 0.15) is 49.7 Å². The van der Waals surface area contributed by atoms with Gasteiger partial charge in [-0.1, -0.05) is 31.2 Å². The lowest BCUT2D eigenvalue weighted by Gasteiger charge is -2.24. The number of carbonyl (C=O) groups excluding carboxylic acids is 2. The van der Waals surface area contributed by atoms with Crippen LogP contribution in [0.5, 0.6) is 0 Å². The second kappa shape index (κ2) is 8.65. The number of aliphatic carboxylic acids is 1. The SMILES string of the molecule is Cc1ccccc1C(C)CC(=O)NC1CCCCN(CC(=O)O)C1=O. The highest BCUT2D eigenvalue weighted by molar-refractivity contribution is 5.89. The molecule has 2 rings (SSSR count). The van der Waals surface area contributed by atoms with Crippen LogP contribution in [-0.4, -0.2) is 46.9 Å². The summed E-state index contributed by atoms with van der Waals surface area (Å²) in [5.74, 6) is -1.45. The van der Waals surface area contributed by atoms with E-state index in [1.165, 1.54) is 4.90 Å². The number of likely N-dealkylation sites (tertiary alicyclic amines) is 1.